The number of para-hydroxylation sites is 1. The Balaban J connectivity index is 1.39. The minimum atomic E-state index is -0.0353. The summed E-state index contributed by atoms with van der Waals surface area (Å²) >= 11 is 0. The summed E-state index contributed by atoms with van der Waals surface area (Å²) in [5.74, 6) is 1.53. The standard InChI is InChI=1S/C25H35N11/c26-16-10-17(27)13-35(12-16)24-32-23(33-25(34-24)36-14-18(28)11-19(29)15-36)31-22-8-6-21(7-9-22)30-20-4-2-1-3-5-20/h1-9,16-19,30H,10-15,26-29H2,(H,31,32,33,34)/t16-,17+,18-,19+. The molecule has 0 amide bonds. The maximum Gasteiger partial charge on any atom is 0.233 e. The van der Waals surface area contributed by atoms with E-state index in [9.17, 15) is 0 Å². The van der Waals surface area contributed by atoms with Gasteiger partial charge in [0, 0.05) is 67.4 Å². The number of nitrogens with one attached hydrogen (secondary N) is 2. The minimum Gasteiger partial charge on any atom is -0.356 e. The second-order valence-corrected chi connectivity index (χ2v) is 9.77. The van der Waals surface area contributed by atoms with Gasteiger partial charge in [0.15, 0.2) is 0 Å². The fraction of sp³-hybridized carbons (Fsp3) is 0.400. The Morgan fingerprint density at radius 2 is 0.972 bits per heavy atom. The first kappa shape index (κ1) is 24.2. The fourth-order valence-electron chi connectivity index (χ4n) is 4.83. The van der Waals surface area contributed by atoms with Gasteiger partial charge >= 0.3 is 0 Å². The molecule has 0 bridgehead atoms. The van der Waals surface area contributed by atoms with Gasteiger partial charge in [-0.1, -0.05) is 18.2 Å². The third-order valence-corrected chi connectivity index (χ3v) is 6.41. The predicted molar refractivity (Wildman–Crippen MR) is 145 cm³/mol. The average molecular weight is 490 g/mol. The first-order valence-corrected chi connectivity index (χ1v) is 12.4. The molecule has 0 saturated carbocycles. The Bertz CT molecular complexity index is 1080. The molecule has 11 heteroatoms. The SMILES string of the molecule is N[C@@H]1C[C@H](N)CN(c2nc(Nc3ccc(Nc4ccccc4)cc3)nc(N3C[C@H](N)C[C@H](N)C3)n2)C1. The number of hydrogen-bond acceptors (Lipinski definition) is 11. The zero-order valence-electron chi connectivity index (χ0n) is 20.3. The molecule has 2 aliphatic heterocycles. The van der Waals surface area contributed by atoms with Crippen LogP contribution in [0.25, 0.3) is 0 Å². The molecule has 0 spiro atoms. The summed E-state index contributed by atoms with van der Waals surface area (Å²) in [7, 11) is 0. The Hall–Kier alpha value is -3.51. The second kappa shape index (κ2) is 10.6. The molecular formula is C25H35N11. The number of benzene rings is 2. The number of nitrogens with two attached hydrogens (primary N) is 4. The second-order valence-electron chi connectivity index (χ2n) is 9.77. The topological polar surface area (TPSA) is 173 Å². The van der Waals surface area contributed by atoms with Crippen LogP contribution in [0.3, 0.4) is 0 Å². The molecule has 2 fully saturated rings. The van der Waals surface area contributed by atoms with Crippen LogP contribution in [0.15, 0.2) is 54.6 Å². The summed E-state index contributed by atoms with van der Waals surface area (Å²) in [5, 5.41) is 6.72. The molecule has 2 aliphatic rings. The van der Waals surface area contributed by atoms with Crippen LogP contribution in [-0.2, 0) is 0 Å². The van der Waals surface area contributed by atoms with Gasteiger partial charge in [-0.15, -0.1) is 0 Å². The third kappa shape index (κ3) is 6.00. The number of aromatic nitrogens is 3. The van der Waals surface area contributed by atoms with Gasteiger partial charge in [-0.2, -0.15) is 15.0 Å². The van der Waals surface area contributed by atoms with Crippen LogP contribution >= 0.6 is 0 Å². The molecular weight excluding hydrogens is 454 g/mol. The van der Waals surface area contributed by atoms with Gasteiger partial charge < -0.3 is 43.4 Å². The van der Waals surface area contributed by atoms with Crippen LogP contribution in [0.4, 0.5) is 34.9 Å². The molecule has 0 unspecified atom stereocenters. The molecule has 1 aromatic heterocycles. The van der Waals surface area contributed by atoms with E-state index in [2.05, 4.69) is 10.6 Å². The highest BCUT2D eigenvalue weighted by atomic mass is 15.4. The Labute approximate surface area is 211 Å². The van der Waals surface area contributed by atoms with Crippen molar-refractivity contribution in [1.82, 2.24) is 15.0 Å². The lowest BCUT2D eigenvalue weighted by Gasteiger charge is -2.37. The summed E-state index contributed by atoms with van der Waals surface area (Å²) < 4.78 is 0. The van der Waals surface area contributed by atoms with Gasteiger partial charge in [0.2, 0.25) is 17.8 Å². The van der Waals surface area contributed by atoms with E-state index in [0.717, 1.165) is 29.9 Å². The van der Waals surface area contributed by atoms with Crippen LogP contribution in [0.1, 0.15) is 12.8 Å². The normalized spacial score (nSPS) is 24.4. The Morgan fingerprint density at radius 1 is 0.556 bits per heavy atom. The van der Waals surface area contributed by atoms with E-state index in [1.807, 2.05) is 64.4 Å². The molecule has 3 aromatic rings. The van der Waals surface area contributed by atoms with Crippen molar-refractivity contribution in [2.75, 3.05) is 46.6 Å². The lowest BCUT2D eigenvalue weighted by atomic mass is 10.0. The number of rotatable bonds is 6. The van der Waals surface area contributed by atoms with Crippen molar-refractivity contribution in [2.45, 2.75) is 37.0 Å². The van der Waals surface area contributed by atoms with Crippen molar-refractivity contribution >= 4 is 34.9 Å². The number of nitrogens with zero attached hydrogens (tertiary/aromatic N) is 5. The van der Waals surface area contributed by atoms with Gasteiger partial charge in [0.25, 0.3) is 0 Å². The highest BCUT2D eigenvalue weighted by molar-refractivity contribution is 5.64. The van der Waals surface area contributed by atoms with Crippen molar-refractivity contribution < 1.29 is 0 Å². The van der Waals surface area contributed by atoms with E-state index in [0.29, 0.717) is 44.0 Å². The largest absolute Gasteiger partial charge is 0.356 e. The Kier molecular flexibility index (Phi) is 7.14. The molecule has 3 heterocycles. The Morgan fingerprint density at radius 3 is 1.44 bits per heavy atom. The van der Waals surface area contributed by atoms with Crippen molar-refractivity contribution in [3.63, 3.8) is 0 Å². The first-order valence-electron chi connectivity index (χ1n) is 12.4. The summed E-state index contributed by atoms with van der Waals surface area (Å²) in [5.41, 5.74) is 27.8. The number of hydrogen-bond donors (Lipinski definition) is 6. The van der Waals surface area contributed by atoms with Crippen molar-refractivity contribution in [3.05, 3.63) is 54.6 Å². The minimum absolute atomic E-state index is 0.0353. The van der Waals surface area contributed by atoms with Gasteiger partial charge in [-0.3, -0.25) is 0 Å². The van der Waals surface area contributed by atoms with Crippen molar-refractivity contribution in [3.8, 4) is 0 Å². The summed E-state index contributed by atoms with van der Waals surface area (Å²) in [4.78, 5) is 18.3. The molecule has 11 nitrogen and oxygen atoms in total. The van der Waals surface area contributed by atoms with Gasteiger partial charge in [0.05, 0.1) is 0 Å². The van der Waals surface area contributed by atoms with E-state index in [1.54, 1.807) is 0 Å². The van der Waals surface area contributed by atoms with Crippen LogP contribution in [0.2, 0.25) is 0 Å². The fourth-order valence-corrected chi connectivity index (χ4v) is 4.83. The lowest BCUT2D eigenvalue weighted by molar-refractivity contribution is 0.441. The molecule has 0 aliphatic carbocycles. The quantitative estimate of drug-likeness (QED) is 0.292. The average Bonchev–Trinajstić information content (AvgIpc) is 2.84. The van der Waals surface area contributed by atoms with E-state index >= 15 is 0 Å². The van der Waals surface area contributed by atoms with Crippen LogP contribution in [-0.4, -0.2) is 65.3 Å². The van der Waals surface area contributed by atoms with E-state index in [-0.39, 0.29) is 24.2 Å². The predicted octanol–water partition coefficient (Wildman–Crippen LogP) is 1.09. The highest BCUT2D eigenvalue weighted by Gasteiger charge is 2.28. The maximum atomic E-state index is 6.24. The molecule has 36 heavy (non-hydrogen) atoms. The van der Waals surface area contributed by atoms with Crippen LogP contribution in [0, 0.1) is 0 Å². The van der Waals surface area contributed by atoms with Crippen molar-refractivity contribution in [1.29, 1.82) is 0 Å². The monoisotopic (exact) mass is 489 g/mol. The van der Waals surface area contributed by atoms with Crippen molar-refractivity contribution in [2.24, 2.45) is 22.9 Å². The molecule has 2 aromatic carbocycles. The molecule has 190 valence electrons. The molecule has 4 atom stereocenters. The van der Waals surface area contributed by atoms with E-state index in [1.165, 1.54) is 0 Å². The molecule has 5 rings (SSSR count). The first-order chi connectivity index (χ1) is 17.4. The maximum absolute atomic E-state index is 6.24. The molecule has 2 saturated heterocycles. The molecule has 0 radical (unpaired) electrons. The molecule has 10 N–H and O–H groups in total. The summed E-state index contributed by atoms with van der Waals surface area (Å²) in [6.07, 6.45) is 1.55. The zero-order valence-corrected chi connectivity index (χ0v) is 20.3. The number of piperidine rings is 2. The van der Waals surface area contributed by atoms with E-state index < -0.39 is 0 Å². The van der Waals surface area contributed by atoms with Gasteiger partial charge in [0.1, 0.15) is 0 Å². The smallest absolute Gasteiger partial charge is 0.233 e. The summed E-state index contributed by atoms with van der Waals surface area (Å²) in [6.45, 7) is 2.54. The van der Waals surface area contributed by atoms with Gasteiger partial charge in [-0.05, 0) is 49.2 Å². The summed E-state index contributed by atoms with van der Waals surface area (Å²) in [6, 6.07) is 17.9. The van der Waals surface area contributed by atoms with E-state index in [4.69, 9.17) is 37.9 Å². The highest BCUT2D eigenvalue weighted by Crippen LogP contribution is 2.25. The number of anilines is 6. The van der Waals surface area contributed by atoms with Gasteiger partial charge in [-0.25, -0.2) is 0 Å². The zero-order chi connectivity index (χ0) is 25.1. The van der Waals surface area contributed by atoms with Crippen LogP contribution < -0.4 is 43.4 Å². The third-order valence-electron chi connectivity index (χ3n) is 6.41. The van der Waals surface area contributed by atoms with Crippen LogP contribution in [0.5, 0.6) is 0 Å². The lowest BCUT2D eigenvalue weighted by Crippen LogP contribution is -2.54.